The zero-order chi connectivity index (χ0) is 28.8. The van der Waals surface area contributed by atoms with E-state index in [0.717, 1.165) is 5.56 Å². The van der Waals surface area contributed by atoms with E-state index >= 15 is 0 Å². The van der Waals surface area contributed by atoms with Gasteiger partial charge in [0.1, 0.15) is 17.3 Å². The van der Waals surface area contributed by atoms with Crippen LogP contribution in [-0.4, -0.2) is 22.8 Å². The predicted molar refractivity (Wildman–Crippen MR) is 157 cm³/mol. The Balaban J connectivity index is 1.44. The van der Waals surface area contributed by atoms with Crippen LogP contribution in [0.25, 0.3) is 5.69 Å². The minimum atomic E-state index is -0.409. The lowest BCUT2D eigenvalue weighted by atomic mass is 10.0. The summed E-state index contributed by atoms with van der Waals surface area (Å²) in [6.45, 7) is 4.49. The van der Waals surface area contributed by atoms with Gasteiger partial charge < -0.3 is 24.5 Å². The number of carbonyl (C=O) groups excluding carboxylic acids is 1. The summed E-state index contributed by atoms with van der Waals surface area (Å²) in [7, 11) is 1.58. The number of carbonyl (C=O) groups is 1. The first-order valence-electron chi connectivity index (χ1n) is 13.1. The lowest BCUT2D eigenvalue weighted by molar-refractivity contribution is 0.0948. The summed E-state index contributed by atoms with van der Waals surface area (Å²) >= 11 is 0. The smallest absolute Gasteiger partial charge is 0.299 e. The Morgan fingerprint density at radius 3 is 2.44 bits per heavy atom. The first kappa shape index (κ1) is 27.3. The number of anilines is 2. The molecule has 9 nitrogen and oxygen atoms in total. The van der Waals surface area contributed by atoms with E-state index in [1.165, 1.54) is 10.9 Å². The number of aromatic nitrogens is 2. The molecule has 9 heteroatoms. The maximum atomic E-state index is 13.7. The van der Waals surface area contributed by atoms with Gasteiger partial charge in [-0.25, -0.2) is 0 Å². The standard InChI is InChI=1S/C32H30N4O5/c1-21(2)23-6-4-7-27(18-23)41-29-20-34-36(25-13-15-26(39-3)16-14-25)32(38)30(29)35-24-11-9-22(10-12-24)31(37)33-19-28-8-5-17-40-28/h4-18,20-21,35H,19H2,1-3H3,(H,33,37). The van der Waals surface area contributed by atoms with Gasteiger partial charge in [0, 0.05) is 11.3 Å². The lowest BCUT2D eigenvalue weighted by Gasteiger charge is -2.16. The summed E-state index contributed by atoms with van der Waals surface area (Å²) < 4.78 is 18.0. The van der Waals surface area contributed by atoms with Gasteiger partial charge in [-0.05, 0) is 84.3 Å². The molecular weight excluding hydrogens is 520 g/mol. The van der Waals surface area contributed by atoms with Crippen molar-refractivity contribution >= 4 is 17.3 Å². The van der Waals surface area contributed by atoms with Crippen molar-refractivity contribution in [3.05, 3.63) is 125 Å². The summed E-state index contributed by atoms with van der Waals surface area (Å²) in [5.74, 6) is 2.25. The molecule has 5 aromatic rings. The molecular formula is C32H30N4O5. The minimum Gasteiger partial charge on any atom is -0.497 e. The van der Waals surface area contributed by atoms with Gasteiger partial charge in [0.15, 0.2) is 11.4 Å². The summed E-state index contributed by atoms with van der Waals surface area (Å²) in [6, 6.07) is 25.1. The second-order valence-electron chi connectivity index (χ2n) is 9.59. The van der Waals surface area contributed by atoms with Crippen LogP contribution in [0.4, 0.5) is 11.4 Å². The minimum absolute atomic E-state index is 0.195. The van der Waals surface area contributed by atoms with Crippen LogP contribution >= 0.6 is 0 Å². The van der Waals surface area contributed by atoms with E-state index in [1.807, 2.05) is 24.3 Å². The highest BCUT2D eigenvalue weighted by atomic mass is 16.5. The Morgan fingerprint density at radius 2 is 1.76 bits per heavy atom. The molecule has 0 aliphatic heterocycles. The van der Waals surface area contributed by atoms with E-state index in [-0.39, 0.29) is 23.9 Å². The van der Waals surface area contributed by atoms with Crippen molar-refractivity contribution < 1.29 is 18.7 Å². The van der Waals surface area contributed by atoms with Gasteiger partial charge >= 0.3 is 0 Å². The van der Waals surface area contributed by atoms with E-state index in [0.29, 0.717) is 40.1 Å². The molecule has 0 saturated carbocycles. The van der Waals surface area contributed by atoms with Crippen LogP contribution in [-0.2, 0) is 6.54 Å². The third-order valence-electron chi connectivity index (χ3n) is 6.43. The molecule has 0 bridgehead atoms. The quantitative estimate of drug-likeness (QED) is 0.206. The van der Waals surface area contributed by atoms with Gasteiger partial charge in [-0.15, -0.1) is 0 Å². The third-order valence-corrected chi connectivity index (χ3v) is 6.43. The molecule has 0 aliphatic carbocycles. The zero-order valence-corrected chi connectivity index (χ0v) is 23.0. The molecule has 0 spiro atoms. The zero-order valence-electron chi connectivity index (χ0n) is 23.0. The van der Waals surface area contributed by atoms with E-state index in [4.69, 9.17) is 13.9 Å². The number of rotatable bonds is 10. The number of benzene rings is 3. The maximum absolute atomic E-state index is 13.7. The topological polar surface area (TPSA) is 108 Å². The average Bonchev–Trinajstić information content (AvgIpc) is 3.52. The number of hydrogen-bond donors (Lipinski definition) is 2. The molecule has 41 heavy (non-hydrogen) atoms. The van der Waals surface area contributed by atoms with Gasteiger partial charge in [0.05, 0.1) is 31.8 Å². The fraction of sp³-hybridized carbons (Fsp3) is 0.156. The lowest BCUT2D eigenvalue weighted by Crippen LogP contribution is -2.24. The second kappa shape index (κ2) is 12.3. The Morgan fingerprint density at radius 1 is 0.976 bits per heavy atom. The third kappa shape index (κ3) is 6.47. The fourth-order valence-electron chi connectivity index (χ4n) is 4.13. The molecule has 0 fully saturated rings. The van der Waals surface area contributed by atoms with Crippen LogP contribution in [0, 0.1) is 0 Å². The normalized spacial score (nSPS) is 10.8. The maximum Gasteiger partial charge on any atom is 0.299 e. The number of nitrogens with zero attached hydrogens (tertiary/aromatic N) is 2. The van der Waals surface area contributed by atoms with Crippen molar-refractivity contribution in [1.82, 2.24) is 15.1 Å². The number of ether oxygens (including phenoxy) is 2. The average molecular weight is 551 g/mol. The fourth-order valence-corrected chi connectivity index (χ4v) is 4.13. The van der Waals surface area contributed by atoms with Crippen LogP contribution in [0.2, 0.25) is 0 Å². The highest BCUT2D eigenvalue weighted by Gasteiger charge is 2.17. The van der Waals surface area contributed by atoms with Crippen LogP contribution in [0.15, 0.2) is 107 Å². The Labute approximate surface area is 237 Å². The number of hydrogen-bond acceptors (Lipinski definition) is 7. The van der Waals surface area contributed by atoms with Crippen LogP contribution in [0.3, 0.4) is 0 Å². The van der Waals surface area contributed by atoms with Crippen molar-refractivity contribution in [2.45, 2.75) is 26.3 Å². The number of methoxy groups -OCH3 is 1. The number of amides is 1. The molecule has 2 N–H and O–H groups in total. The van der Waals surface area contributed by atoms with Gasteiger partial charge in [-0.3, -0.25) is 9.59 Å². The number of nitrogens with one attached hydrogen (secondary N) is 2. The van der Waals surface area contributed by atoms with Crippen molar-refractivity contribution in [3.63, 3.8) is 0 Å². The highest BCUT2D eigenvalue weighted by molar-refractivity contribution is 5.94. The monoisotopic (exact) mass is 550 g/mol. The largest absolute Gasteiger partial charge is 0.497 e. The molecule has 0 saturated heterocycles. The highest BCUT2D eigenvalue weighted by Crippen LogP contribution is 2.30. The molecule has 0 atom stereocenters. The number of furan rings is 1. The molecule has 0 radical (unpaired) electrons. The molecule has 0 unspecified atom stereocenters. The molecule has 2 heterocycles. The van der Waals surface area contributed by atoms with Crippen LogP contribution in [0.1, 0.15) is 41.4 Å². The van der Waals surface area contributed by atoms with E-state index in [9.17, 15) is 9.59 Å². The Hall–Kier alpha value is -5.31. The Bertz CT molecular complexity index is 1680. The molecule has 208 valence electrons. The van der Waals surface area contributed by atoms with E-state index in [2.05, 4.69) is 29.6 Å². The first-order chi connectivity index (χ1) is 19.9. The second-order valence-corrected chi connectivity index (χ2v) is 9.59. The predicted octanol–water partition coefficient (Wildman–Crippen LogP) is 6.42. The SMILES string of the molecule is COc1ccc(-n2ncc(Oc3cccc(C(C)C)c3)c(Nc3ccc(C(=O)NCc4ccco4)cc3)c2=O)cc1. The Kier molecular flexibility index (Phi) is 8.15. The van der Waals surface area contributed by atoms with Gasteiger partial charge in [-0.1, -0.05) is 26.0 Å². The molecule has 1 amide bonds. The van der Waals surface area contributed by atoms with Gasteiger partial charge in [0.2, 0.25) is 0 Å². The van der Waals surface area contributed by atoms with Gasteiger partial charge in [-0.2, -0.15) is 9.78 Å². The molecule has 2 aromatic heterocycles. The summed E-state index contributed by atoms with van der Waals surface area (Å²) in [6.07, 6.45) is 3.06. The van der Waals surface area contributed by atoms with Crippen molar-refractivity contribution in [2.75, 3.05) is 12.4 Å². The van der Waals surface area contributed by atoms with Gasteiger partial charge in [0.25, 0.3) is 11.5 Å². The molecule has 3 aromatic carbocycles. The van der Waals surface area contributed by atoms with E-state index in [1.54, 1.807) is 74.0 Å². The molecule has 0 aliphatic rings. The van der Waals surface area contributed by atoms with Crippen molar-refractivity contribution in [1.29, 1.82) is 0 Å². The van der Waals surface area contributed by atoms with E-state index < -0.39 is 5.56 Å². The van der Waals surface area contributed by atoms with Crippen LogP contribution in [0.5, 0.6) is 17.2 Å². The first-order valence-corrected chi connectivity index (χ1v) is 13.1. The van der Waals surface area contributed by atoms with Crippen LogP contribution < -0.4 is 25.7 Å². The summed E-state index contributed by atoms with van der Waals surface area (Å²) in [4.78, 5) is 26.3. The summed E-state index contributed by atoms with van der Waals surface area (Å²) in [5.41, 5.74) is 2.52. The van der Waals surface area contributed by atoms with Crippen molar-refractivity contribution in [3.8, 4) is 22.9 Å². The molecule has 5 rings (SSSR count). The summed E-state index contributed by atoms with van der Waals surface area (Å²) in [5, 5.41) is 10.4. The van der Waals surface area contributed by atoms with Crippen molar-refractivity contribution in [2.24, 2.45) is 0 Å².